The maximum atomic E-state index is 10.7. The molecule has 0 saturated carbocycles. The van der Waals surface area contributed by atoms with Gasteiger partial charge in [0.1, 0.15) is 0 Å². The van der Waals surface area contributed by atoms with E-state index >= 15 is 0 Å². The van der Waals surface area contributed by atoms with E-state index in [4.69, 9.17) is 5.11 Å². The third-order valence-electron chi connectivity index (χ3n) is 5.23. The molecular weight excluding hydrogens is 428 g/mol. The van der Waals surface area contributed by atoms with Gasteiger partial charge in [0.2, 0.25) is 0 Å². The lowest BCUT2D eigenvalue weighted by atomic mass is 10.2. The van der Waals surface area contributed by atoms with E-state index in [2.05, 4.69) is 92.7 Å². The van der Waals surface area contributed by atoms with Crippen LogP contribution in [0.2, 0.25) is 0 Å². The molecule has 0 atom stereocenters. The standard InChI is InChI=1S/C22H23S.C7H6O3/c1-3-18-10-14-21(15-11-18)23(20-8-6-5-7-9-20)22-16-12-19(4-2)13-17-22;8-6-4-2-1-3-5(6)7(9)10/h5-17H,3-4H2,1-2H3;1-4,8H,(H,9,10)/q+1;/p-1. The van der Waals surface area contributed by atoms with Crippen molar-refractivity contribution in [2.24, 2.45) is 0 Å². The van der Waals surface area contributed by atoms with Gasteiger partial charge in [-0.15, -0.1) is 0 Å². The van der Waals surface area contributed by atoms with Crippen molar-refractivity contribution in [3.63, 3.8) is 0 Å². The van der Waals surface area contributed by atoms with Crippen LogP contribution in [-0.4, -0.2) is 11.1 Å². The Kier molecular flexibility index (Phi) is 8.73. The Bertz CT molecular complexity index is 1110. The molecule has 4 aromatic carbocycles. The van der Waals surface area contributed by atoms with Gasteiger partial charge in [0, 0.05) is 0 Å². The summed E-state index contributed by atoms with van der Waals surface area (Å²) < 4.78 is 0. The maximum absolute atomic E-state index is 10.7. The number of benzene rings is 4. The van der Waals surface area contributed by atoms with Crippen LogP contribution in [0.5, 0.6) is 5.75 Å². The minimum Gasteiger partial charge on any atom is -0.872 e. The second-order valence-electron chi connectivity index (χ2n) is 7.42. The highest BCUT2D eigenvalue weighted by Gasteiger charge is 2.28. The quantitative estimate of drug-likeness (QED) is 0.343. The molecule has 33 heavy (non-hydrogen) atoms. The van der Waals surface area contributed by atoms with Gasteiger partial charge >= 0.3 is 5.97 Å². The first kappa shape index (κ1) is 24.1. The average Bonchev–Trinajstić information content (AvgIpc) is 2.86. The number of aryl methyl sites for hydroxylation is 2. The zero-order valence-corrected chi connectivity index (χ0v) is 19.7. The predicted molar refractivity (Wildman–Crippen MR) is 133 cm³/mol. The lowest BCUT2D eigenvalue weighted by molar-refractivity contribution is -0.268. The molecule has 4 rings (SSSR count). The third-order valence-corrected chi connectivity index (χ3v) is 7.46. The van der Waals surface area contributed by atoms with Crippen molar-refractivity contribution < 1.29 is 15.0 Å². The van der Waals surface area contributed by atoms with E-state index < -0.39 is 11.7 Å². The van der Waals surface area contributed by atoms with E-state index in [0.717, 1.165) is 12.8 Å². The summed E-state index contributed by atoms with van der Waals surface area (Å²) in [5.41, 5.74) is 2.61. The van der Waals surface area contributed by atoms with E-state index in [0.29, 0.717) is 0 Å². The highest BCUT2D eigenvalue weighted by Crippen LogP contribution is 2.31. The van der Waals surface area contributed by atoms with Crippen LogP contribution in [0.4, 0.5) is 0 Å². The number of hydrogen-bond acceptors (Lipinski definition) is 2. The van der Waals surface area contributed by atoms with Crippen LogP contribution in [0.15, 0.2) is 118 Å². The Labute approximate surface area is 198 Å². The molecule has 0 unspecified atom stereocenters. The van der Waals surface area contributed by atoms with Crippen LogP contribution in [0.1, 0.15) is 35.3 Å². The lowest BCUT2D eigenvalue weighted by Gasteiger charge is -2.09. The van der Waals surface area contributed by atoms with Crippen LogP contribution in [-0.2, 0) is 23.7 Å². The molecule has 0 fully saturated rings. The van der Waals surface area contributed by atoms with Crippen molar-refractivity contribution in [3.8, 4) is 5.75 Å². The molecule has 0 heterocycles. The highest BCUT2D eigenvalue weighted by molar-refractivity contribution is 7.97. The van der Waals surface area contributed by atoms with Crippen LogP contribution in [0.3, 0.4) is 0 Å². The Morgan fingerprint density at radius 2 is 1.09 bits per heavy atom. The molecule has 0 aromatic heterocycles. The van der Waals surface area contributed by atoms with Gasteiger partial charge in [-0.25, -0.2) is 4.79 Å². The first-order valence-corrected chi connectivity index (χ1v) is 12.2. The van der Waals surface area contributed by atoms with E-state index in [9.17, 15) is 9.90 Å². The molecule has 0 aliphatic carbocycles. The summed E-state index contributed by atoms with van der Waals surface area (Å²) >= 11 is 0. The molecule has 0 bridgehead atoms. The second kappa shape index (κ2) is 11.9. The summed E-state index contributed by atoms with van der Waals surface area (Å²) in [5.74, 6) is -1.62. The fourth-order valence-electron chi connectivity index (χ4n) is 3.33. The summed E-state index contributed by atoms with van der Waals surface area (Å²) in [5, 5.41) is 19.0. The fourth-order valence-corrected chi connectivity index (χ4v) is 5.39. The van der Waals surface area contributed by atoms with Gasteiger partial charge in [-0.1, -0.05) is 80.3 Å². The molecule has 0 aliphatic heterocycles. The number of rotatable bonds is 6. The second-order valence-corrected chi connectivity index (χ2v) is 9.44. The Morgan fingerprint density at radius 1 is 0.667 bits per heavy atom. The van der Waals surface area contributed by atoms with Crippen LogP contribution >= 0.6 is 0 Å². The molecule has 4 heteroatoms. The Balaban J connectivity index is 0.000000257. The van der Waals surface area contributed by atoms with Crippen molar-refractivity contribution in [1.82, 2.24) is 0 Å². The first-order chi connectivity index (χ1) is 16.0. The molecule has 0 amide bonds. The van der Waals surface area contributed by atoms with Gasteiger partial charge in [-0.05, 0) is 66.4 Å². The predicted octanol–water partition coefficient (Wildman–Crippen LogP) is 6.37. The molecule has 0 saturated heterocycles. The Hall–Kier alpha value is -3.50. The number of aromatic carboxylic acids is 1. The summed E-state index contributed by atoms with van der Waals surface area (Å²) in [7, 11) is -0.0351. The molecule has 0 spiro atoms. The van der Waals surface area contributed by atoms with Gasteiger partial charge in [-0.2, -0.15) is 0 Å². The maximum Gasteiger partial charge on any atom is 0.335 e. The van der Waals surface area contributed by atoms with E-state index in [1.807, 2.05) is 0 Å². The monoisotopic (exact) mass is 456 g/mol. The number of carboxylic acids is 1. The average molecular weight is 457 g/mol. The van der Waals surface area contributed by atoms with Crippen molar-refractivity contribution in [2.75, 3.05) is 0 Å². The van der Waals surface area contributed by atoms with E-state index in [-0.39, 0.29) is 16.5 Å². The normalized spacial score (nSPS) is 10.4. The molecule has 0 aliphatic rings. The SMILES string of the molecule is CCc1ccc([S+](c2ccccc2)c2ccc(CC)cc2)cc1.O=C(O)c1ccccc1[O-]. The molecule has 1 N–H and O–H groups in total. The van der Waals surface area contributed by atoms with Gasteiger partial charge in [-0.3, -0.25) is 0 Å². The zero-order valence-electron chi connectivity index (χ0n) is 18.9. The lowest BCUT2D eigenvalue weighted by Crippen LogP contribution is -2.05. The molecule has 3 nitrogen and oxygen atoms in total. The fraction of sp³-hybridized carbons (Fsp3) is 0.138. The van der Waals surface area contributed by atoms with E-state index in [1.54, 1.807) is 0 Å². The van der Waals surface area contributed by atoms with Crippen LogP contribution < -0.4 is 5.11 Å². The molecular formula is C29H28O3S. The summed E-state index contributed by atoms with van der Waals surface area (Å²) in [6.45, 7) is 4.41. The minimum absolute atomic E-state index is 0.0351. The van der Waals surface area contributed by atoms with Gasteiger partial charge in [0.05, 0.1) is 16.5 Å². The van der Waals surface area contributed by atoms with Crippen molar-refractivity contribution >= 4 is 16.9 Å². The summed E-state index contributed by atoms with van der Waals surface area (Å²) in [4.78, 5) is 14.4. The smallest absolute Gasteiger partial charge is 0.335 e. The summed E-state index contributed by atoms with van der Waals surface area (Å²) in [6.07, 6.45) is 2.18. The number of hydrogen-bond donors (Lipinski definition) is 1. The largest absolute Gasteiger partial charge is 0.872 e. The van der Waals surface area contributed by atoms with Gasteiger partial charge < -0.3 is 10.2 Å². The highest BCUT2D eigenvalue weighted by atomic mass is 32.2. The van der Waals surface area contributed by atoms with Crippen LogP contribution in [0, 0.1) is 0 Å². The topological polar surface area (TPSA) is 60.4 Å². The van der Waals surface area contributed by atoms with E-state index in [1.165, 1.54) is 50.1 Å². The molecule has 0 radical (unpaired) electrons. The van der Waals surface area contributed by atoms with Crippen molar-refractivity contribution in [2.45, 2.75) is 41.4 Å². The molecule has 168 valence electrons. The minimum atomic E-state index is -1.18. The number of para-hydroxylation sites is 1. The van der Waals surface area contributed by atoms with Crippen molar-refractivity contribution in [1.29, 1.82) is 0 Å². The molecule has 4 aromatic rings. The number of carbonyl (C=O) groups is 1. The van der Waals surface area contributed by atoms with Crippen molar-refractivity contribution in [3.05, 3.63) is 120 Å². The first-order valence-electron chi connectivity index (χ1n) is 11.0. The number of carboxylic acid groups (broad SMARTS) is 1. The Morgan fingerprint density at radius 3 is 1.48 bits per heavy atom. The third kappa shape index (κ3) is 6.50. The zero-order chi connectivity index (χ0) is 23.6. The van der Waals surface area contributed by atoms with Crippen LogP contribution in [0.25, 0.3) is 0 Å². The van der Waals surface area contributed by atoms with Gasteiger partial charge in [0.25, 0.3) is 0 Å². The summed E-state index contributed by atoms with van der Waals surface area (Å²) in [6, 6.07) is 34.6. The van der Waals surface area contributed by atoms with Gasteiger partial charge in [0.15, 0.2) is 14.7 Å².